The maximum absolute atomic E-state index is 11.4. The highest BCUT2D eigenvalue weighted by molar-refractivity contribution is 7.99. The number of rotatable bonds is 8. The summed E-state index contributed by atoms with van der Waals surface area (Å²) in [6.45, 7) is 5.68. The van der Waals surface area contributed by atoms with Crippen molar-refractivity contribution in [2.75, 3.05) is 5.75 Å². The number of nitrogens with one attached hydrogen (secondary N) is 1. The average Bonchev–Trinajstić information content (AvgIpc) is 2.36. The van der Waals surface area contributed by atoms with Crippen molar-refractivity contribution in [3.8, 4) is 0 Å². The minimum atomic E-state index is -0.852. The molecule has 0 aliphatic rings. The standard InChI is InChI=1S/C15H22ClNO2S/c1-11(2)17-15(3,14(18)19)9-4-10-20-13-7-5-12(16)6-8-13/h5-8,11,17H,4,9-10H2,1-3H3,(H,18,19). The van der Waals surface area contributed by atoms with Gasteiger partial charge in [-0.3, -0.25) is 10.1 Å². The zero-order chi connectivity index (χ0) is 15.2. The number of hydrogen-bond donors (Lipinski definition) is 2. The Morgan fingerprint density at radius 2 is 2.00 bits per heavy atom. The van der Waals surface area contributed by atoms with Gasteiger partial charge in [-0.1, -0.05) is 11.6 Å². The molecule has 0 aromatic heterocycles. The summed E-state index contributed by atoms with van der Waals surface area (Å²) in [5.41, 5.74) is -0.852. The van der Waals surface area contributed by atoms with Crippen molar-refractivity contribution >= 4 is 29.3 Å². The summed E-state index contributed by atoms with van der Waals surface area (Å²) in [6, 6.07) is 7.85. The Morgan fingerprint density at radius 1 is 1.40 bits per heavy atom. The number of hydrogen-bond acceptors (Lipinski definition) is 3. The lowest BCUT2D eigenvalue weighted by Crippen LogP contribution is -2.52. The molecule has 112 valence electrons. The number of aliphatic carboxylic acids is 1. The molecule has 0 fully saturated rings. The van der Waals surface area contributed by atoms with E-state index in [-0.39, 0.29) is 6.04 Å². The van der Waals surface area contributed by atoms with Gasteiger partial charge >= 0.3 is 5.97 Å². The molecule has 0 aliphatic heterocycles. The third kappa shape index (κ3) is 5.73. The largest absolute Gasteiger partial charge is 0.480 e. The van der Waals surface area contributed by atoms with Crippen molar-refractivity contribution in [2.24, 2.45) is 0 Å². The van der Waals surface area contributed by atoms with Gasteiger partial charge < -0.3 is 5.11 Å². The molecule has 20 heavy (non-hydrogen) atoms. The third-order valence-corrected chi connectivity index (χ3v) is 4.33. The van der Waals surface area contributed by atoms with Crippen LogP contribution in [0.25, 0.3) is 0 Å². The lowest BCUT2D eigenvalue weighted by Gasteiger charge is -2.28. The van der Waals surface area contributed by atoms with Crippen LogP contribution in [0.1, 0.15) is 33.6 Å². The van der Waals surface area contributed by atoms with Gasteiger partial charge in [0, 0.05) is 16.0 Å². The van der Waals surface area contributed by atoms with E-state index in [4.69, 9.17) is 11.6 Å². The van der Waals surface area contributed by atoms with Crippen LogP contribution in [0.15, 0.2) is 29.2 Å². The first-order valence-electron chi connectivity index (χ1n) is 6.73. The number of thioether (sulfide) groups is 1. The van der Waals surface area contributed by atoms with E-state index in [9.17, 15) is 9.90 Å². The van der Waals surface area contributed by atoms with Crippen LogP contribution in [0, 0.1) is 0 Å². The van der Waals surface area contributed by atoms with E-state index in [2.05, 4.69) is 5.32 Å². The minimum Gasteiger partial charge on any atom is -0.480 e. The Hall–Kier alpha value is -0.710. The lowest BCUT2D eigenvalue weighted by molar-refractivity contribution is -0.144. The molecule has 1 rings (SSSR count). The lowest BCUT2D eigenvalue weighted by atomic mass is 9.95. The van der Waals surface area contributed by atoms with Crippen LogP contribution in [0.4, 0.5) is 0 Å². The molecule has 1 aromatic rings. The van der Waals surface area contributed by atoms with Crippen molar-refractivity contribution in [1.82, 2.24) is 5.32 Å². The normalized spacial score (nSPS) is 14.2. The molecule has 0 spiro atoms. The molecule has 1 atom stereocenters. The van der Waals surface area contributed by atoms with E-state index in [0.717, 1.165) is 22.1 Å². The second-order valence-electron chi connectivity index (χ2n) is 5.34. The fraction of sp³-hybridized carbons (Fsp3) is 0.533. The fourth-order valence-electron chi connectivity index (χ4n) is 2.02. The Balaban J connectivity index is 2.41. The molecular weight excluding hydrogens is 294 g/mol. The van der Waals surface area contributed by atoms with Gasteiger partial charge in [-0.05, 0) is 63.6 Å². The Bertz CT molecular complexity index is 436. The van der Waals surface area contributed by atoms with Crippen molar-refractivity contribution in [2.45, 2.75) is 50.1 Å². The summed E-state index contributed by atoms with van der Waals surface area (Å²) in [4.78, 5) is 12.5. The van der Waals surface area contributed by atoms with Crippen molar-refractivity contribution in [1.29, 1.82) is 0 Å². The third-order valence-electron chi connectivity index (χ3n) is 2.98. The van der Waals surface area contributed by atoms with E-state index in [1.54, 1.807) is 18.7 Å². The molecule has 0 saturated carbocycles. The van der Waals surface area contributed by atoms with E-state index >= 15 is 0 Å². The zero-order valence-electron chi connectivity index (χ0n) is 12.1. The molecule has 5 heteroatoms. The Morgan fingerprint density at radius 3 is 2.50 bits per heavy atom. The van der Waals surface area contributed by atoms with Gasteiger partial charge in [-0.15, -0.1) is 11.8 Å². The monoisotopic (exact) mass is 315 g/mol. The highest BCUT2D eigenvalue weighted by atomic mass is 35.5. The molecule has 3 nitrogen and oxygen atoms in total. The first-order chi connectivity index (χ1) is 9.33. The summed E-state index contributed by atoms with van der Waals surface area (Å²) in [5.74, 6) is 0.104. The summed E-state index contributed by atoms with van der Waals surface area (Å²) in [7, 11) is 0. The summed E-state index contributed by atoms with van der Waals surface area (Å²) < 4.78 is 0. The summed E-state index contributed by atoms with van der Waals surface area (Å²) in [6.07, 6.45) is 1.46. The molecule has 2 N–H and O–H groups in total. The average molecular weight is 316 g/mol. The van der Waals surface area contributed by atoms with E-state index < -0.39 is 11.5 Å². The van der Waals surface area contributed by atoms with Gasteiger partial charge in [-0.2, -0.15) is 0 Å². The molecule has 1 aromatic carbocycles. The van der Waals surface area contributed by atoms with Crippen molar-refractivity contribution in [3.05, 3.63) is 29.3 Å². The van der Waals surface area contributed by atoms with Crippen LogP contribution in [0.3, 0.4) is 0 Å². The quantitative estimate of drug-likeness (QED) is 0.561. The van der Waals surface area contributed by atoms with Crippen LogP contribution < -0.4 is 5.32 Å². The molecule has 0 heterocycles. The topological polar surface area (TPSA) is 49.3 Å². The zero-order valence-corrected chi connectivity index (χ0v) is 13.7. The maximum atomic E-state index is 11.4. The molecule has 1 unspecified atom stereocenters. The highest BCUT2D eigenvalue weighted by Gasteiger charge is 2.32. The van der Waals surface area contributed by atoms with Crippen LogP contribution in [0.2, 0.25) is 5.02 Å². The highest BCUT2D eigenvalue weighted by Crippen LogP contribution is 2.23. The first kappa shape index (κ1) is 17.3. The molecule has 0 radical (unpaired) electrons. The second-order valence-corrected chi connectivity index (χ2v) is 6.95. The summed E-state index contributed by atoms with van der Waals surface area (Å²) >= 11 is 7.55. The second kappa shape index (κ2) is 7.91. The number of halogens is 1. The van der Waals surface area contributed by atoms with Gasteiger partial charge in [0.1, 0.15) is 5.54 Å². The van der Waals surface area contributed by atoms with Gasteiger partial charge in [0.05, 0.1) is 0 Å². The number of benzene rings is 1. The van der Waals surface area contributed by atoms with Crippen molar-refractivity contribution in [3.63, 3.8) is 0 Å². The van der Waals surface area contributed by atoms with Crippen molar-refractivity contribution < 1.29 is 9.90 Å². The predicted molar refractivity (Wildman–Crippen MR) is 85.7 cm³/mol. The maximum Gasteiger partial charge on any atom is 0.323 e. The van der Waals surface area contributed by atoms with Crippen LogP contribution >= 0.6 is 23.4 Å². The van der Waals surface area contributed by atoms with E-state index in [1.165, 1.54) is 0 Å². The molecule has 0 aliphatic carbocycles. The number of carboxylic acids is 1. The molecule has 0 saturated heterocycles. The Kier molecular flexibility index (Phi) is 6.86. The molecule has 0 amide bonds. The SMILES string of the molecule is CC(C)NC(C)(CCCSc1ccc(Cl)cc1)C(=O)O. The number of carboxylic acid groups (broad SMARTS) is 1. The fourth-order valence-corrected chi connectivity index (χ4v) is 3.00. The summed E-state index contributed by atoms with van der Waals surface area (Å²) in [5, 5.41) is 13.2. The predicted octanol–water partition coefficient (Wildman–Crippen LogP) is 4.05. The number of carbonyl (C=O) groups is 1. The van der Waals surface area contributed by atoms with E-state index in [1.807, 2.05) is 38.1 Å². The van der Waals surface area contributed by atoms with Crippen LogP contribution in [-0.4, -0.2) is 28.4 Å². The van der Waals surface area contributed by atoms with Gasteiger partial charge in [0.15, 0.2) is 0 Å². The van der Waals surface area contributed by atoms with Gasteiger partial charge in [0.2, 0.25) is 0 Å². The smallest absolute Gasteiger partial charge is 0.323 e. The van der Waals surface area contributed by atoms with Gasteiger partial charge in [0.25, 0.3) is 0 Å². The molecule has 0 bridgehead atoms. The first-order valence-corrected chi connectivity index (χ1v) is 8.09. The van der Waals surface area contributed by atoms with E-state index in [0.29, 0.717) is 6.42 Å². The van der Waals surface area contributed by atoms with Crippen LogP contribution in [-0.2, 0) is 4.79 Å². The Labute approximate surface area is 130 Å². The minimum absolute atomic E-state index is 0.153. The molecular formula is C15H22ClNO2S. The van der Waals surface area contributed by atoms with Crippen LogP contribution in [0.5, 0.6) is 0 Å². The van der Waals surface area contributed by atoms with Gasteiger partial charge in [-0.25, -0.2) is 0 Å².